The zero-order chi connectivity index (χ0) is 0. The molecule has 0 heterocycles. The van der Waals surface area contributed by atoms with E-state index in [9.17, 15) is 0 Å². The number of hydrogen-bond acceptors (Lipinski definition) is 0. The van der Waals surface area contributed by atoms with Crippen LogP contribution in [-0.2, 0) is 0 Å². The molecule has 0 rings (SSSR count). The van der Waals surface area contributed by atoms with Crippen molar-refractivity contribution in [2.24, 2.45) is 0 Å². The van der Waals surface area contributed by atoms with Crippen LogP contribution in [0.25, 0.3) is 0 Å². The van der Waals surface area contributed by atoms with E-state index >= 15 is 0 Å². The van der Waals surface area contributed by atoms with E-state index in [0.717, 1.165) is 0 Å². The predicted octanol–water partition coefficient (Wildman–Crippen LogP) is -3.21. The first kappa shape index (κ1) is 29.6. The molecule has 0 aliphatic carbocycles. The van der Waals surface area contributed by atoms with E-state index in [1.165, 1.54) is 0 Å². The first-order chi connectivity index (χ1) is 0. The zero-order valence-electron chi connectivity index (χ0n) is 1.00. The Morgan fingerprint density at radius 3 is 0.750 bits per heavy atom. The van der Waals surface area contributed by atoms with Crippen LogP contribution in [0, 0.1) is 0 Å². The van der Waals surface area contributed by atoms with E-state index in [1.807, 2.05) is 0 Å². The second-order valence-corrected chi connectivity index (χ2v) is 0. The summed E-state index contributed by atoms with van der Waals surface area (Å²) in [6.45, 7) is 0. The van der Waals surface area contributed by atoms with E-state index in [4.69, 9.17) is 0 Å². The van der Waals surface area contributed by atoms with Crippen LogP contribution in [0.2, 0.25) is 0 Å². The molecule has 0 amide bonds. The molecule has 4 N–H and O–H groups in total. The average molecular weight is 196 g/mol. The molecule has 0 saturated heterocycles. The molecule has 22 valence electrons. The largest absolute Gasteiger partial charge is 0.316 e. The van der Waals surface area contributed by atoms with Gasteiger partial charge in [0.25, 0.3) is 0 Å². The van der Waals surface area contributed by atoms with E-state index in [0.29, 0.717) is 0 Å². The van der Waals surface area contributed by atoms with Gasteiger partial charge in [-0.1, -0.05) is 0 Å². The van der Waals surface area contributed by atoms with E-state index in [2.05, 4.69) is 0 Å². The maximum atomic E-state index is 0. The molecule has 0 fully saturated rings. The molecule has 0 saturated carbocycles. The standard InChI is InChI=1S/Cs.Mg.2H2O.3H/h;;2*1H2;;;. The monoisotopic (exact) mass is 196 g/mol. The van der Waals surface area contributed by atoms with Crippen molar-refractivity contribution in [2.75, 3.05) is 0 Å². The zero-order valence-corrected chi connectivity index (χ0v) is 1.00. The first-order valence-corrected chi connectivity index (χ1v) is 0. The molecule has 0 aromatic carbocycles. The average Bonchev–Trinajstić information content (AvgIpc) is 0. The van der Waals surface area contributed by atoms with Gasteiger partial charge in [0.15, 0.2) is 0 Å². The van der Waals surface area contributed by atoms with E-state index in [1.54, 1.807) is 0 Å². The Hall–Kier alpha value is 2.74. The normalized spacial score (nSPS) is 0. The van der Waals surface area contributed by atoms with Gasteiger partial charge in [-0.15, -0.1) is 0 Å². The Labute approximate surface area is 99.9 Å². The Morgan fingerprint density at radius 2 is 0.750 bits per heavy atom. The maximum absolute atomic E-state index is 0. The Balaban J connectivity index is 0. The third-order valence-electron chi connectivity index (χ3n) is 0. The van der Waals surface area contributed by atoms with Crippen molar-refractivity contribution in [3.8, 4) is 0 Å². The molecule has 0 unspecified atom stereocenters. The van der Waals surface area contributed by atoms with Crippen LogP contribution in [0.5, 0.6) is 0 Å². The third-order valence-corrected chi connectivity index (χ3v) is 0. The maximum Gasteiger partial charge on any atom is 0.316 e. The topological polar surface area (TPSA) is 63.0 Å². The molecule has 2 nitrogen and oxygen atoms in total. The number of hydrogen-bond donors (Lipinski definition) is 0. The van der Waals surface area contributed by atoms with Crippen molar-refractivity contribution in [1.82, 2.24) is 0 Å². The molecule has 0 radical (unpaired) electrons. The van der Waals surface area contributed by atoms with Gasteiger partial charge >= 0.3 is 91.9 Å². The van der Waals surface area contributed by atoms with Crippen LogP contribution in [0.4, 0.5) is 0 Å². The minimum absolute atomic E-state index is 0. The van der Waals surface area contributed by atoms with Crippen LogP contribution in [0.15, 0.2) is 0 Å². The predicted molar refractivity (Wildman–Crippen MR) is 22.9 cm³/mol. The van der Waals surface area contributed by atoms with Crippen molar-refractivity contribution in [3.63, 3.8) is 0 Å². The summed E-state index contributed by atoms with van der Waals surface area (Å²) in [6, 6.07) is 0. The van der Waals surface area contributed by atoms with Gasteiger partial charge < -0.3 is 11.0 Å². The molecular weight excluding hydrogens is 189 g/mol. The third kappa shape index (κ3) is 8.83. The van der Waals surface area contributed by atoms with Gasteiger partial charge in [0.05, 0.1) is 0 Å². The van der Waals surface area contributed by atoms with Gasteiger partial charge in [0.2, 0.25) is 0 Å². The fraction of sp³-hybridized carbons (Fsp3) is 0. The van der Waals surface area contributed by atoms with E-state index in [-0.39, 0.29) is 103 Å². The SMILES string of the molecule is O.O.[CsH].[MgH2]. The van der Waals surface area contributed by atoms with Crippen molar-refractivity contribution >= 4 is 91.9 Å². The second kappa shape index (κ2) is 17.2. The summed E-state index contributed by atoms with van der Waals surface area (Å²) in [4.78, 5) is 0. The molecule has 4 heteroatoms. The number of rotatable bonds is 0. The van der Waals surface area contributed by atoms with Crippen molar-refractivity contribution in [1.29, 1.82) is 0 Å². The van der Waals surface area contributed by atoms with Gasteiger partial charge in [-0.25, -0.2) is 0 Å². The minimum Gasteiger partial charge on any atom is 0.316 e. The van der Waals surface area contributed by atoms with Gasteiger partial charge in [0.1, 0.15) is 0 Å². The smallest absolute Gasteiger partial charge is 0.316 e. The molecule has 0 aliphatic heterocycles. The summed E-state index contributed by atoms with van der Waals surface area (Å²) < 4.78 is 0. The molecule has 0 aliphatic rings. The summed E-state index contributed by atoms with van der Waals surface area (Å²) in [5, 5.41) is 0. The second-order valence-electron chi connectivity index (χ2n) is 0. The summed E-state index contributed by atoms with van der Waals surface area (Å²) in [6.07, 6.45) is 0. The molecule has 0 spiro atoms. The summed E-state index contributed by atoms with van der Waals surface area (Å²) in [7, 11) is 0. The van der Waals surface area contributed by atoms with Gasteiger partial charge in [-0.3, -0.25) is 0 Å². The van der Waals surface area contributed by atoms with Gasteiger partial charge in [-0.2, -0.15) is 0 Å². The Bertz CT molecular complexity index is 6.00. The molecular formula is H7CsMgO2. The summed E-state index contributed by atoms with van der Waals surface area (Å²) in [5.74, 6) is 0. The first-order valence-electron chi connectivity index (χ1n) is 0. The van der Waals surface area contributed by atoms with Crippen molar-refractivity contribution < 1.29 is 11.0 Å². The molecule has 0 aromatic heterocycles. The van der Waals surface area contributed by atoms with Crippen LogP contribution in [0.1, 0.15) is 0 Å². The molecule has 4 heavy (non-hydrogen) atoms. The van der Waals surface area contributed by atoms with E-state index < -0.39 is 0 Å². The van der Waals surface area contributed by atoms with Crippen LogP contribution >= 0.6 is 0 Å². The van der Waals surface area contributed by atoms with Crippen LogP contribution in [-0.4, -0.2) is 103 Å². The Kier molecular flexibility index (Phi) is 127. The van der Waals surface area contributed by atoms with Gasteiger partial charge in [0, 0.05) is 0 Å². The summed E-state index contributed by atoms with van der Waals surface area (Å²) in [5.41, 5.74) is 0. The molecule has 0 atom stereocenters. The quantitative estimate of drug-likeness (QED) is 0.366. The van der Waals surface area contributed by atoms with Crippen LogP contribution < -0.4 is 0 Å². The summed E-state index contributed by atoms with van der Waals surface area (Å²) >= 11 is 0. The van der Waals surface area contributed by atoms with Crippen LogP contribution in [0.3, 0.4) is 0 Å². The Morgan fingerprint density at radius 1 is 0.750 bits per heavy atom. The van der Waals surface area contributed by atoms with Crippen molar-refractivity contribution in [3.05, 3.63) is 0 Å². The van der Waals surface area contributed by atoms with Gasteiger partial charge in [-0.05, 0) is 0 Å². The minimum atomic E-state index is 0. The fourth-order valence-electron chi connectivity index (χ4n) is 0. The molecule has 0 bridgehead atoms. The van der Waals surface area contributed by atoms with Crippen molar-refractivity contribution in [2.45, 2.75) is 0 Å². The molecule has 0 aromatic rings. The fourth-order valence-corrected chi connectivity index (χ4v) is 0.